The van der Waals surface area contributed by atoms with Gasteiger partial charge in [-0.15, -0.1) is 0 Å². The van der Waals surface area contributed by atoms with Gasteiger partial charge in [-0.05, 0) is 16.8 Å². The number of carbonyl (C=O) groups is 1. The van der Waals surface area contributed by atoms with E-state index in [9.17, 15) is 4.79 Å². The van der Waals surface area contributed by atoms with Gasteiger partial charge >= 0.3 is 0 Å². The molecular weight excluding hydrogens is 260 g/mol. The largest absolute Gasteiger partial charge is 0.377 e. The van der Waals surface area contributed by atoms with Crippen LogP contribution in [0.5, 0.6) is 0 Å². The van der Waals surface area contributed by atoms with Crippen molar-refractivity contribution in [2.45, 2.75) is 18.1 Å². The molecule has 2 saturated heterocycles. The average molecular weight is 271 g/mol. The van der Waals surface area contributed by atoms with Gasteiger partial charge in [0, 0.05) is 12.5 Å². The van der Waals surface area contributed by atoms with Crippen molar-refractivity contribution >= 4 is 21.7 Å². The molecule has 1 spiro atoms. The van der Waals surface area contributed by atoms with Gasteiger partial charge in [0.15, 0.2) is 11.4 Å². The van der Waals surface area contributed by atoms with E-state index < -0.39 is 5.60 Å². The molecule has 4 heteroatoms. The summed E-state index contributed by atoms with van der Waals surface area (Å²) in [5.41, 5.74) is -0.465. The van der Waals surface area contributed by atoms with E-state index in [1.807, 2.05) is 6.08 Å². The van der Waals surface area contributed by atoms with Gasteiger partial charge in [-0.25, -0.2) is 0 Å². The summed E-state index contributed by atoms with van der Waals surface area (Å²) in [7, 11) is 0. The molecule has 3 aliphatic carbocycles. The molecule has 3 unspecified atom stereocenters. The van der Waals surface area contributed by atoms with Crippen LogP contribution < -0.4 is 0 Å². The molecule has 3 nitrogen and oxygen atoms in total. The van der Waals surface area contributed by atoms with Crippen LogP contribution in [0.2, 0.25) is 0 Å². The summed E-state index contributed by atoms with van der Waals surface area (Å²) in [6.45, 7) is 1.40. The second kappa shape index (κ2) is 2.55. The molecule has 15 heavy (non-hydrogen) atoms. The topological polar surface area (TPSA) is 38.8 Å². The molecule has 2 aliphatic heterocycles. The molecule has 0 radical (unpaired) electrons. The quantitative estimate of drug-likeness (QED) is 0.623. The first-order valence-electron chi connectivity index (χ1n) is 5.41. The van der Waals surface area contributed by atoms with E-state index in [0.717, 1.165) is 17.5 Å². The minimum absolute atomic E-state index is 0.0700. The fourth-order valence-corrected chi connectivity index (χ4v) is 4.55. The van der Waals surface area contributed by atoms with E-state index in [0.29, 0.717) is 12.5 Å². The highest BCUT2D eigenvalue weighted by atomic mass is 79.9. The number of carbonyl (C=O) groups excluding carboxylic acids is 1. The van der Waals surface area contributed by atoms with E-state index in [4.69, 9.17) is 9.47 Å². The van der Waals surface area contributed by atoms with Crippen molar-refractivity contribution in [2.24, 2.45) is 17.8 Å². The van der Waals surface area contributed by atoms with Crippen molar-refractivity contribution in [1.29, 1.82) is 0 Å². The van der Waals surface area contributed by atoms with Crippen LogP contribution in [0.25, 0.3) is 0 Å². The van der Waals surface area contributed by atoms with Crippen LogP contribution in [0.3, 0.4) is 0 Å². The van der Waals surface area contributed by atoms with Crippen LogP contribution >= 0.6 is 15.9 Å². The standard InChI is InChI=1S/C11H11BrO3/c12-7-3-6-9-5(1-2-14-9)8(7)11(4-15-11)10(6)13/h3,5-6,8-9H,1-2,4H2/t5?,6?,8?,9-,11-/m0/s1. The Morgan fingerprint density at radius 1 is 1.53 bits per heavy atom. The number of hydrogen-bond donors (Lipinski definition) is 0. The number of hydrogen-bond acceptors (Lipinski definition) is 3. The van der Waals surface area contributed by atoms with Crippen molar-refractivity contribution in [2.75, 3.05) is 13.2 Å². The molecule has 0 amide bonds. The van der Waals surface area contributed by atoms with Gasteiger partial charge in [-0.3, -0.25) is 4.79 Å². The lowest BCUT2D eigenvalue weighted by atomic mass is 9.61. The maximum absolute atomic E-state index is 12.2. The van der Waals surface area contributed by atoms with Crippen molar-refractivity contribution in [3.63, 3.8) is 0 Å². The van der Waals surface area contributed by atoms with Gasteiger partial charge < -0.3 is 9.47 Å². The molecule has 0 aromatic rings. The SMILES string of the molecule is O=C1C2C=C(Br)C(C3CCO[C@H]23)[C@@]12CO2. The summed E-state index contributed by atoms with van der Waals surface area (Å²) in [4.78, 5) is 12.2. The van der Waals surface area contributed by atoms with Gasteiger partial charge in [0.2, 0.25) is 0 Å². The number of ketones is 1. The third-order valence-electron chi connectivity index (χ3n) is 4.28. The molecule has 0 N–H and O–H groups in total. The lowest BCUT2D eigenvalue weighted by molar-refractivity contribution is -0.140. The molecule has 0 aromatic carbocycles. The Morgan fingerprint density at radius 3 is 3.07 bits per heavy atom. The first-order valence-corrected chi connectivity index (χ1v) is 6.20. The van der Waals surface area contributed by atoms with Crippen LogP contribution in [0, 0.1) is 17.8 Å². The van der Waals surface area contributed by atoms with E-state index in [1.165, 1.54) is 0 Å². The summed E-state index contributed by atoms with van der Waals surface area (Å²) < 4.78 is 12.3. The lowest BCUT2D eigenvalue weighted by Crippen LogP contribution is -2.56. The Morgan fingerprint density at radius 2 is 2.33 bits per heavy atom. The van der Waals surface area contributed by atoms with Gasteiger partial charge in [0.05, 0.1) is 18.6 Å². The van der Waals surface area contributed by atoms with Crippen LogP contribution in [0.1, 0.15) is 6.42 Å². The van der Waals surface area contributed by atoms with E-state index >= 15 is 0 Å². The maximum atomic E-state index is 12.2. The summed E-state index contributed by atoms with van der Waals surface area (Å²) in [5, 5.41) is 0. The van der Waals surface area contributed by atoms with E-state index in [2.05, 4.69) is 15.9 Å². The maximum Gasteiger partial charge on any atom is 0.177 e. The number of Topliss-reactive ketones (excluding diaryl/α,β-unsaturated/α-hetero) is 1. The number of ether oxygens (including phenoxy) is 2. The summed E-state index contributed by atoms with van der Waals surface area (Å²) in [5.74, 6) is 0.885. The third-order valence-corrected chi connectivity index (χ3v) is 5.04. The normalized spacial score (nSPS) is 55.8. The van der Waals surface area contributed by atoms with Crippen LogP contribution in [0.4, 0.5) is 0 Å². The first-order chi connectivity index (χ1) is 7.24. The Labute approximate surface area is 95.9 Å². The fraction of sp³-hybridized carbons (Fsp3) is 0.727. The van der Waals surface area contributed by atoms with Gasteiger partial charge in [0.1, 0.15) is 0 Å². The minimum Gasteiger partial charge on any atom is -0.377 e. The zero-order chi connectivity index (χ0) is 10.2. The van der Waals surface area contributed by atoms with Crippen molar-refractivity contribution in [3.8, 4) is 0 Å². The van der Waals surface area contributed by atoms with Crippen molar-refractivity contribution < 1.29 is 14.3 Å². The van der Waals surface area contributed by atoms with Crippen molar-refractivity contribution in [3.05, 3.63) is 10.6 Å². The zero-order valence-electron chi connectivity index (χ0n) is 8.11. The Balaban J connectivity index is 1.89. The summed E-state index contributed by atoms with van der Waals surface area (Å²) >= 11 is 3.60. The molecule has 80 valence electrons. The predicted molar refractivity (Wildman–Crippen MR) is 55.5 cm³/mol. The highest BCUT2D eigenvalue weighted by Crippen LogP contribution is 2.59. The Hall–Kier alpha value is -0.190. The second-order valence-electron chi connectivity index (χ2n) is 4.89. The van der Waals surface area contributed by atoms with Gasteiger partial charge in [-0.2, -0.15) is 0 Å². The lowest BCUT2D eigenvalue weighted by Gasteiger charge is -2.44. The number of halogens is 1. The number of epoxide rings is 1. The molecule has 0 aromatic heterocycles. The van der Waals surface area contributed by atoms with E-state index in [1.54, 1.807) is 0 Å². The Kier molecular flexibility index (Phi) is 1.51. The molecular formula is C11H11BrO3. The summed E-state index contributed by atoms with van der Waals surface area (Å²) in [6.07, 6.45) is 3.22. The fourth-order valence-electron chi connectivity index (χ4n) is 3.56. The smallest absolute Gasteiger partial charge is 0.177 e. The second-order valence-corrected chi connectivity index (χ2v) is 5.80. The molecule has 5 rings (SSSR count). The van der Waals surface area contributed by atoms with Crippen LogP contribution in [0.15, 0.2) is 10.6 Å². The van der Waals surface area contributed by atoms with E-state index in [-0.39, 0.29) is 23.7 Å². The molecule has 5 aliphatic rings. The predicted octanol–water partition coefficient (Wildman–Crippen LogP) is 1.27. The monoisotopic (exact) mass is 270 g/mol. The third kappa shape index (κ3) is 0.879. The molecule has 2 heterocycles. The zero-order valence-corrected chi connectivity index (χ0v) is 9.70. The molecule has 3 fully saturated rings. The first kappa shape index (κ1) is 8.90. The van der Waals surface area contributed by atoms with Crippen LogP contribution in [-0.2, 0) is 14.3 Å². The highest BCUT2D eigenvalue weighted by molar-refractivity contribution is 9.11. The van der Waals surface area contributed by atoms with Crippen LogP contribution in [-0.4, -0.2) is 30.7 Å². The number of rotatable bonds is 0. The molecule has 5 atom stereocenters. The highest BCUT2D eigenvalue weighted by Gasteiger charge is 2.70. The van der Waals surface area contributed by atoms with Gasteiger partial charge in [0.25, 0.3) is 0 Å². The minimum atomic E-state index is -0.465. The van der Waals surface area contributed by atoms with Gasteiger partial charge in [-0.1, -0.05) is 22.0 Å². The molecule has 2 bridgehead atoms. The summed E-state index contributed by atoms with van der Waals surface area (Å²) in [6, 6.07) is 0. The average Bonchev–Trinajstić information content (AvgIpc) is 2.82. The van der Waals surface area contributed by atoms with Crippen molar-refractivity contribution in [1.82, 2.24) is 0 Å². The Bertz CT molecular complexity index is 385. The molecule has 1 saturated carbocycles.